The molecule has 0 amide bonds. The minimum absolute atomic E-state index is 0.0818. The van der Waals surface area contributed by atoms with Crippen LogP contribution in [0.2, 0.25) is 0 Å². The van der Waals surface area contributed by atoms with Crippen LogP contribution in [0.3, 0.4) is 0 Å². The number of hydrogen-bond donors (Lipinski definition) is 0. The molecule has 8 nitrogen and oxygen atoms in total. The maximum Gasteiger partial charge on any atom is 0.206 e. The molecule has 0 radical (unpaired) electrons. The molecule has 0 aromatic heterocycles. The molecular weight excluding hydrogens is 601 g/mol. The third-order valence-electron chi connectivity index (χ3n) is 6.08. The van der Waals surface area contributed by atoms with Gasteiger partial charge in [0, 0.05) is 0 Å². The number of ether oxygens (including phenoxy) is 4. The van der Waals surface area contributed by atoms with Gasteiger partial charge in [-0.3, -0.25) is 0 Å². The maximum absolute atomic E-state index is 13.1. The van der Waals surface area contributed by atoms with Gasteiger partial charge in [0.15, 0.2) is 6.10 Å². The van der Waals surface area contributed by atoms with Gasteiger partial charge in [0.25, 0.3) is 0 Å². The minimum atomic E-state index is -3.75. The molecule has 0 fully saturated rings. The van der Waals surface area contributed by atoms with E-state index in [9.17, 15) is 16.8 Å². The average Bonchev–Trinajstić information content (AvgIpc) is 2.99. The highest BCUT2D eigenvalue weighted by Crippen LogP contribution is 2.27. The zero-order valence-corrected chi connectivity index (χ0v) is 25.9. The summed E-state index contributed by atoms with van der Waals surface area (Å²) in [5, 5.41) is 0. The minimum Gasteiger partial charge on any atom is -0.489 e. The normalized spacial score (nSPS) is 12.0. The summed E-state index contributed by atoms with van der Waals surface area (Å²) in [5.41, 5.74) is 0. The van der Waals surface area contributed by atoms with Gasteiger partial charge in [-0.1, -0.05) is 19.7 Å². The monoisotopic (exact) mass is 632 g/mol. The molecule has 0 bridgehead atoms. The lowest BCUT2D eigenvalue weighted by molar-refractivity contribution is 0.164. The molecule has 4 rings (SSSR count). The highest BCUT2D eigenvalue weighted by Gasteiger charge is 2.20. The van der Waals surface area contributed by atoms with Gasteiger partial charge in [-0.2, -0.15) is 0 Å². The van der Waals surface area contributed by atoms with Crippen molar-refractivity contribution in [3.05, 3.63) is 134 Å². The smallest absolute Gasteiger partial charge is 0.206 e. The number of benzene rings is 4. The molecule has 0 aliphatic carbocycles. The van der Waals surface area contributed by atoms with Crippen molar-refractivity contribution < 1.29 is 35.8 Å². The van der Waals surface area contributed by atoms with E-state index < -0.39 is 25.8 Å². The van der Waals surface area contributed by atoms with Crippen molar-refractivity contribution in [3.63, 3.8) is 0 Å². The summed E-state index contributed by atoms with van der Waals surface area (Å²) in [6.45, 7) is 14.6. The Morgan fingerprint density at radius 2 is 0.909 bits per heavy atom. The van der Waals surface area contributed by atoms with E-state index in [-0.39, 0.29) is 26.2 Å². The summed E-state index contributed by atoms with van der Waals surface area (Å²) >= 11 is 0. The molecule has 1 unspecified atom stereocenters. The molecule has 4 aromatic carbocycles. The first-order valence-corrected chi connectivity index (χ1v) is 16.3. The van der Waals surface area contributed by atoms with Gasteiger partial charge in [0.05, 0.1) is 31.1 Å². The number of allylic oxidation sites excluding steroid dienone is 2. The highest BCUT2D eigenvalue weighted by molar-refractivity contribution is 7.91. The van der Waals surface area contributed by atoms with Gasteiger partial charge < -0.3 is 18.9 Å². The van der Waals surface area contributed by atoms with Gasteiger partial charge in [-0.15, -0.1) is 0 Å². The van der Waals surface area contributed by atoms with Crippen LogP contribution >= 0.6 is 0 Å². The molecule has 4 aromatic rings. The molecule has 0 N–H and O–H groups in total. The second kappa shape index (κ2) is 13.7. The first-order chi connectivity index (χ1) is 20.9. The Morgan fingerprint density at radius 1 is 0.591 bits per heavy atom. The van der Waals surface area contributed by atoms with Crippen molar-refractivity contribution in [2.75, 3.05) is 6.61 Å². The van der Waals surface area contributed by atoms with Crippen molar-refractivity contribution >= 4 is 19.7 Å². The zero-order chi connectivity index (χ0) is 31.9. The van der Waals surface area contributed by atoms with E-state index in [4.69, 9.17) is 18.9 Å². The van der Waals surface area contributed by atoms with E-state index >= 15 is 0 Å². The Balaban J connectivity index is 1.36. The lowest BCUT2D eigenvalue weighted by atomic mass is 10.3. The SMILES string of the molecule is C=CC(COc1ccc(S(=O)(=O)c2ccc(OC(=C)C)cc2)cc1)Oc1ccc(S(=O)(=O)c2ccc(OC(=C)C)cc2)cc1. The molecule has 228 valence electrons. The Hall–Kier alpha value is -4.80. The van der Waals surface area contributed by atoms with E-state index in [0.29, 0.717) is 34.5 Å². The van der Waals surface area contributed by atoms with E-state index in [0.717, 1.165) is 0 Å². The summed E-state index contributed by atoms with van der Waals surface area (Å²) in [4.78, 5) is 0.477. The molecule has 0 aliphatic rings. The maximum atomic E-state index is 13.1. The fourth-order valence-corrected chi connectivity index (χ4v) is 6.49. The Kier molecular flexibility index (Phi) is 9.97. The molecule has 0 aliphatic heterocycles. The zero-order valence-electron chi connectivity index (χ0n) is 24.3. The lowest BCUT2D eigenvalue weighted by Crippen LogP contribution is -2.22. The van der Waals surface area contributed by atoms with Crippen LogP contribution in [0.5, 0.6) is 23.0 Å². The van der Waals surface area contributed by atoms with Crippen LogP contribution in [-0.2, 0) is 19.7 Å². The second-order valence-electron chi connectivity index (χ2n) is 9.70. The van der Waals surface area contributed by atoms with Crippen LogP contribution in [-0.4, -0.2) is 29.5 Å². The third kappa shape index (κ3) is 7.97. The Bertz CT molecular complexity index is 1840. The van der Waals surface area contributed by atoms with Gasteiger partial charge in [-0.05, 0) is 117 Å². The van der Waals surface area contributed by atoms with Crippen molar-refractivity contribution in [2.45, 2.75) is 39.5 Å². The van der Waals surface area contributed by atoms with Gasteiger partial charge >= 0.3 is 0 Å². The van der Waals surface area contributed by atoms with Crippen molar-refractivity contribution in [1.82, 2.24) is 0 Å². The summed E-state index contributed by atoms with van der Waals surface area (Å²) in [6, 6.07) is 24.3. The summed E-state index contributed by atoms with van der Waals surface area (Å²) < 4.78 is 74.7. The van der Waals surface area contributed by atoms with Crippen LogP contribution in [0.4, 0.5) is 0 Å². The molecule has 0 spiro atoms. The number of hydrogen-bond acceptors (Lipinski definition) is 8. The first kappa shape index (κ1) is 32.1. The van der Waals surface area contributed by atoms with E-state index in [1.54, 1.807) is 68.5 Å². The number of sulfone groups is 2. The van der Waals surface area contributed by atoms with Crippen LogP contribution in [0.25, 0.3) is 0 Å². The van der Waals surface area contributed by atoms with Crippen LogP contribution in [0.1, 0.15) is 13.8 Å². The molecule has 10 heteroatoms. The van der Waals surface area contributed by atoms with E-state index in [1.165, 1.54) is 48.5 Å². The second-order valence-corrected chi connectivity index (χ2v) is 13.6. The fourth-order valence-electron chi connectivity index (χ4n) is 3.96. The Morgan fingerprint density at radius 3 is 1.23 bits per heavy atom. The van der Waals surface area contributed by atoms with Crippen LogP contribution in [0, 0.1) is 0 Å². The standard InChI is InChI=1S/C34H32O8S2/c1-6-26(42-30-13-21-34(22-14-30)44(37,38)33-19-11-29(12-20-33)41-25(4)5)23-39-27-7-15-31(16-8-27)43(35,36)32-17-9-28(10-18-32)40-24(2)3/h6-22,26H,1-2,4,23H2,3,5H3. The van der Waals surface area contributed by atoms with Crippen molar-refractivity contribution in [3.8, 4) is 23.0 Å². The van der Waals surface area contributed by atoms with Crippen LogP contribution < -0.4 is 18.9 Å². The summed E-state index contributed by atoms with van der Waals surface area (Å²) in [5.74, 6) is 2.84. The predicted molar refractivity (Wildman–Crippen MR) is 168 cm³/mol. The quantitative estimate of drug-likeness (QED) is 0.106. The molecule has 0 saturated carbocycles. The molecule has 1 atom stereocenters. The van der Waals surface area contributed by atoms with Gasteiger partial charge in [0.1, 0.15) is 29.6 Å². The predicted octanol–water partition coefficient (Wildman–Crippen LogP) is 7.19. The number of rotatable bonds is 14. The topological polar surface area (TPSA) is 105 Å². The van der Waals surface area contributed by atoms with E-state index in [1.807, 2.05) is 0 Å². The van der Waals surface area contributed by atoms with Gasteiger partial charge in [0.2, 0.25) is 19.7 Å². The highest BCUT2D eigenvalue weighted by atomic mass is 32.2. The summed E-state index contributed by atoms with van der Waals surface area (Å²) in [6.07, 6.45) is 0.987. The first-order valence-electron chi connectivity index (χ1n) is 13.4. The largest absolute Gasteiger partial charge is 0.489 e. The summed E-state index contributed by atoms with van der Waals surface area (Å²) in [7, 11) is -7.49. The average molecular weight is 633 g/mol. The fraction of sp³-hybridized carbons (Fsp3) is 0.118. The van der Waals surface area contributed by atoms with Crippen molar-refractivity contribution in [1.29, 1.82) is 0 Å². The van der Waals surface area contributed by atoms with Crippen LogP contribution in [0.15, 0.2) is 154 Å². The van der Waals surface area contributed by atoms with E-state index in [2.05, 4.69) is 19.7 Å². The van der Waals surface area contributed by atoms with Gasteiger partial charge in [-0.25, -0.2) is 16.8 Å². The molecular formula is C34H32O8S2. The lowest BCUT2D eigenvalue weighted by Gasteiger charge is -2.17. The molecule has 0 heterocycles. The Labute approximate surface area is 258 Å². The third-order valence-corrected chi connectivity index (χ3v) is 9.66. The molecule has 44 heavy (non-hydrogen) atoms. The van der Waals surface area contributed by atoms with Crippen molar-refractivity contribution in [2.24, 2.45) is 0 Å². The molecule has 0 saturated heterocycles.